The van der Waals surface area contributed by atoms with Crippen LogP contribution in [-0.2, 0) is 18.3 Å². The van der Waals surface area contributed by atoms with E-state index in [2.05, 4.69) is 5.10 Å². The molecule has 3 nitrogen and oxygen atoms in total. The number of aryl methyl sites for hydroxylation is 2. The highest BCUT2D eigenvalue weighted by atomic mass is 16.1. The predicted molar refractivity (Wildman–Crippen MR) is 51.6 cm³/mol. The summed E-state index contributed by atoms with van der Waals surface area (Å²) in [5.41, 5.74) is 1.98. The van der Waals surface area contributed by atoms with Crippen LogP contribution in [0.25, 0.3) is 0 Å². The summed E-state index contributed by atoms with van der Waals surface area (Å²) in [6.07, 6.45) is 2.12. The summed E-state index contributed by atoms with van der Waals surface area (Å²) < 4.78 is 1.78. The van der Waals surface area contributed by atoms with Crippen molar-refractivity contribution in [3.63, 3.8) is 0 Å². The fraction of sp³-hybridized carbons (Fsp3) is 0.600. The molecular formula is C10H16N2O. The zero-order chi connectivity index (χ0) is 9.84. The van der Waals surface area contributed by atoms with Gasteiger partial charge in [-0.15, -0.1) is 0 Å². The summed E-state index contributed by atoms with van der Waals surface area (Å²) in [5.74, 6) is 0.297. The average Bonchev–Trinajstić information content (AvgIpc) is 2.30. The minimum absolute atomic E-state index is 0.297. The van der Waals surface area contributed by atoms with Gasteiger partial charge in [-0.2, -0.15) is 5.10 Å². The Labute approximate surface area is 78.8 Å². The van der Waals surface area contributed by atoms with Crippen LogP contribution in [0.2, 0.25) is 0 Å². The molecule has 0 aliphatic heterocycles. The molecule has 0 aliphatic carbocycles. The van der Waals surface area contributed by atoms with Gasteiger partial charge in [0, 0.05) is 25.6 Å². The van der Waals surface area contributed by atoms with Gasteiger partial charge in [0.15, 0.2) is 0 Å². The van der Waals surface area contributed by atoms with Gasteiger partial charge in [-0.3, -0.25) is 9.48 Å². The van der Waals surface area contributed by atoms with Crippen molar-refractivity contribution >= 4 is 5.78 Å². The molecular weight excluding hydrogens is 164 g/mol. The van der Waals surface area contributed by atoms with Crippen LogP contribution in [0.4, 0.5) is 0 Å². The van der Waals surface area contributed by atoms with Gasteiger partial charge in [0.2, 0.25) is 0 Å². The van der Waals surface area contributed by atoms with Crippen LogP contribution in [0.3, 0.4) is 0 Å². The number of carbonyl (C=O) groups excluding carboxylic acids is 1. The Bertz CT molecular complexity index is 302. The first-order valence-electron chi connectivity index (χ1n) is 4.64. The Morgan fingerprint density at radius 2 is 2.31 bits per heavy atom. The SMILES string of the molecule is CCCC(=O)Cc1cc(C)nn1C. The van der Waals surface area contributed by atoms with E-state index in [0.717, 1.165) is 17.8 Å². The van der Waals surface area contributed by atoms with Gasteiger partial charge in [0.05, 0.1) is 5.69 Å². The zero-order valence-electron chi connectivity index (χ0n) is 8.50. The van der Waals surface area contributed by atoms with Crippen LogP contribution in [0.1, 0.15) is 31.2 Å². The van der Waals surface area contributed by atoms with E-state index in [9.17, 15) is 4.79 Å². The van der Waals surface area contributed by atoms with Gasteiger partial charge in [-0.05, 0) is 19.4 Å². The molecule has 13 heavy (non-hydrogen) atoms. The lowest BCUT2D eigenvalue weighted by Crippen LogP contribution is -2.06. The van der Waals surface area contributed by atoms with E-state index in [1.807, 2.05) is 27.0 Å². The first kappa shape index (κ1) is 9.96. The van der Waals surface area contributed by atoms with Crippen molar-refractivity contribution in [1.29, 1.82) is 0 Å². The Hall–Kier alpha value is -1.12. The highest BCUT2D eigenvalue weighted by molar-refractivity contribution is 5.80. The number of ketones is 1. The summed E-state index contributed by atoms with van der Waals surface area (Å²) in [4.78, 5) is 11.3. The van der Waals surface area contributed by atoms with E-state index in [4.69, 9.17) is 0 Å². The van der Waals surface area contributed by atoms with Gasteiger partial charge >= 0.3 is 0 Å². The smallest absolute Gasteiger partial charge is 0.138 e. The molecule has 0 saturated carbocycles. The lowest BCUT2D eigenvalue weighted by atomic mass is 10.1. The van der Waals surface area contributed by atoms with E-state index < -0.39 is 0 Å². The number of hydrogen-bond acceptors (Lipinski definition) is 2. The summed E-state index contributed by atoms with van der Waals surface area (Å²) in [6.45, 7) is 3.96. The van der Waals surface area contributed by atoms with Gasteiger partial charge in [-0.1, -0.05) is 6.92 Å². The number of carbonyl (C=O) groups is 1. The van der Waals surface area contributed by atoms with E-state index >= 15 is 0 Å². The Morgan fingerprint density at radius 3 is 2.77 bits per heavy atom. The number of nitrogens with zero attached hydrogens (tertiary/aromatic N) is 2. The first-order valence-corrected chi connectivity index (χ1v) is 4.64. The van der Waals surface area contributed by atoms with Crippen molar-refractivity contribution in [3.05, 3.63) is 17.5 Å². The molecule has 3 heteroatoms. The Morgan fingerprint density at radius 1 is 1.62 bits per heavy atom. The zero-order valence-corrected chi connectivity index (χ0v) is 8.50. The third-order valence-corrected chi connectivity index (χ3v) is 2.01. The highest BCUT2D eigenvalue weighted by Crippen LogP contribution is 2.05. The van der Waals surface area contributed by atoms with Crippen LogP contribution in [0.5, 0.6) is 0 Å². The van der Waals surface area contributed by atoms with Gasteiger partial charge in [0.25, 0.3) is 0 Å². The monoisotopic (exact) mass is 180 g/mol. The van der Waals surface area contributed by atoms with E-state index in [0.29, 0.717) is 18.6 Å². The molecule has 1 aromatic heterocycles. The van der Waals surface area contributed by atoms with Crippen LogP contribution in [-0.4, -0.2) is 15.6 Å². The molecule has 0 unspecified atom stereocenters. The third kappa shape index (κ3) is 2.68. The maximum atomic E-state index is 11.3. The summed E-state index contributed by atoms with van der Waals surface area (Å²) in [7, 11) is 1.88. The van der Waals surface area contributed by atoms with Crippen molar-refractivity contribution in [2.24, 2.45) is 7.05 Å². The molecule has 0 spiro atoms. The Kier molecular flexibility index (Phi) is 3.23. The quantitative estimate of drug-likeness (QED) is 0.706. The average molecular weight is 180 g/mol. The minimum Gasteiger partial charge on any atom is -0.299 e. The number of rotatable bonds is 4. The van der Waals surface area contributed by atoms with Crippen molar-refractivity contribution in [2.75, 3.05) is 0 Å². The molecule has 1 heterocycles. The second-order valence-corrected chi connectivity index (χ2v) is 3.37. The Balaban J connectivity index is 2.63. The lowest BCUT2D eigenvalue weighted by Gasteiger charge is -1.99. The van der Waals surface area contributed by atoms with Crippen molar-refractivity contribution in [2.45, 2.75) is 33.1 Å². The summed E-state index contributed by atoms with van der Waals surface area (Å²) >= 11 is 0. The number of hydrogen-bond donors (Lipinski definition) is 0. The standard InChI is InChI=1S/C10H16N2O/c1-4-5-10(13)7-9-6-8(2)11-12(9)3/h6H,4-5,7H2,1-3H3. The normalized spacial score (nSPS) is 10.4. The van der Waals surface area contributed by atoms with Crippen LogP contribution in [0.15, 0.2) is 6.07 Å². The molecule has 0 amide bonds. The summed E-state index contributed by atoms with van der Waals surface area (Å²) in [5, 5.41) is 4.19. The molecule has 0 saturated heterocycles. The molecule has 72 valence electrons. The van der Waals surface area contributed by atoms with Crippen LogP contribution < -0.4 is 0 Å². The number of aromatic nitrogens is 2. The van der Waals surface area contributed by atoms with Crippen LogP contribution >= 0.6 is 0 Å². The molecule has 0 bridgehead atoms. The van der Waals surface area contributed by atoms with E-state index in [1.165, 1.54) is 0 Å². The van der Waals surface area contributed by atoms with Gasteiger partial charge in [0.1, 0.15) is 5.78 Å². The topological polar surface area (TPSA) is 34.9 Å². The molecule has 0 fully saturated rings. The second kappa shape index (κ2) is 4.21. The largest absolute Gasteiger partial charge is 0.299 e. The lowest BCUT2D eigenvalue weighted by molar-refractivity contribution is -0.118. The fourth-order valence-corrected chi connectivity index (χ4v) is 1.40. The molecule has 0 N–H and O–H groups in total. The van der Waals surface area contributed by atoms with E-state index in [1.54, 1.807) is 4.68 Å². The molecule has 0 aliphatic rings. The molecule has 0 atom stereocenters. The maximum absolute atomic E-state index is 11.3. The van der Waals surface area contributed by atoms with Crippen molar-refractivity contribution in [1.82, 2.24) is 9.78 Å². The van der Waals surface area contributed by atoms with Gasteiger partial charge < -0.3 is 0 Å². The molecule has 0 radical (unpaired) electrons. The van der Waals surface area contributed by atoms with E-state index in [-0.39, 0.29) is 0 Å². The highest BCUT2D eigenvalue weighted by Gasteiger charge is 2.06. The predicted octanol–water partition coefficient (Wildman–Crippen LogP) is 1.64. The fourth-order valence-electron chi connectivity index (χ4n) is 1.40. The van der Waals surface area contributed by atoms with Crippen LogP contribution in [0, 0.1) is 6.92 Å². The first-order chi connectivity index (χ1) is 6.13. The van der Waals surface area contributed by atoms with Crippen molar-refractivity contribution in [3.8, 4) is 0 Å². The third-order valence-electron chi connectivity index (χ3n) is 2.01. The molecule has 1 rings (SSSR count). The van der Waals surface area contributed by atoms with Crippen molar-refractivity contribution < 1.29 is 4.79 Å². The molecule has 0 aromatic carbocycles. The summed E-state index contributed by atoms with van der Waals surface area (Å²) in [6, 6.07) is 1.97. The number of Topliss-reactive ketones (excluding diaryl/α,β-unsaturated/α-hetero) is 1. The molecule has 1 aromatic rings. The van der Waals surface area contributed by atoms with Gasteiger partial charge in [-0.25, -0.2) is 0 Å². The second-order valence-electron chi connectivity index (χ2n) is 3.37. The maximum Gasteiger partial charge on any atom is 0.138 e. The minimum atomic E-state index is 0.297.